The van der Waals surface area contributed by atoms with Crippen LogP contribution in [0.15, 0.2) is 59.4 Å². The largest absolute Gasteiger partial charge is 0.348 e. The fourth-order valence-electron chi connectivity index (χ4n) is 7.67. The summed E-state index contributed by atoms with van der Waals surface area (Å²) in [6, 6.07) is 16.2. The van der Waals surface area contributed by atoms with E-state index in [1.54, 1.807) is 24.3 Å². The second kappa shape index (κ2) is 15.7. The van der Waals surface area contributed by atoms with E-state index in [0.717, 1.165) is 60.9 Å². The molecule has 2 aromatic heterocycles. The maximum absolute atomic E-state index is 14.0. The second-order valence-electron chi connectivity index (χ2n) is 14.6. The monoisotopic (exact) mass is 694 g/mol. The summed E-state index contributed by atoms with van der Waals surface area (Å²) in [4.78, 5) is 66.4. The highest BCUT2D eigenvalue weighted by atomic mass is 16.2. The zero-order valence-corrected chi connectivity index (χ0v) is 29.8. The van der Waals surface area contributed by atoms with Crippen molar-refractivity contribution in [2.75, 3.05) is 25.5 Å². The molecule has 0 bridgehead atoms. The number of H-pyrrole nitrogens is 2. The number of imidazole rings is 1. The molecule has 270 valence electrons. The number of nitrogens with two attached hydrogens (primary N) is 2. The molecule has 2 saturated carbocycles. The molecular weight excluding hydrogens is 644 g/mol. The van der Waals surface area contributed by atoms with Crippen LogP contribution in [0, 0.1) is 18.8 Å². The molecule has 12 nitrogen and oxygen atoms in total. The van der Waals surface area contributed by atoms with Gasteiger partial charge in [0, 0.05) is 29.3 Å². The minimum absolute atomic E-state index is 0.149. The topological polar surface area (TPSA) is 183 Å². The smallest absolute Gasteiger partial charge is 0.323 e. The number of aromatic nitrogens is 3. The fraction of sp³-hybridized carbons (Fsp3) is 0.462. The molecule has 3 amide bonds. The Morgan fingerprint density at radius 3 is 2.24 bits per heavy atom. The SMILES string of the molecule is Cc1nc(C(=O)NC2CCC(N(C)C)CC2)ccc1-c1ccc(C[C@H](N)C(=O)N(C(=O)C2CCC(CN)CC2)c2ccc3[nH]c(=O)[nH]c3c2)cc1. The summed E-state index contributed by atoms with van der Waals surface area (Å²) in [5, 5.41) is 3.17. The lowest BCUT2D eigenvalue weighted by atomic mass is 9.81. The Labute approximate surface area is 298 Å². The number of aryl methyl sites for hydroxylation is 1. The number of carbonyl (C=O) groups excluding carboxylic acids is 3. The quantitative estimate of drug-likeness (QED) is 0.165. The third-order valence-electron chi connectivity index (χ3n) is 10.8. The van der Waals surface area contributed by atoms with Gasteiger partial charge in [-0.3, -0.25) is 14.4 Å². The Morgan fingerprint density at radius 2 is 1.59 bits per heavy atom. The van der Waals surface area contributed by atoms with Gasteiger partial charge >= 0.3 is 5.69 Å². The lowest BCUT2D eigenvalue weighted by Crippen LogP contribution is -2.50. The van der Waals surface area contributed by atoms with E-state index in [4.69, 9.17) is 11.5 Å². The summed E-state index contributed by atoms with van der Waals surface area (Å²) in [6.45, 7) is 2.48. The number of nitrogens with one attached hydrogen (secondary N) is 3. The average Bonchev–Trinajstić information content (AvgIpc) is 3.51. The van der Waals surface area contributed by atoms with E-state index >= 15 is 0 Å². The first-order valence-corrected chi connectivity index (χ1v) is 18.1. The predicted molar refractivity (Wildman–Crippen MR) is 199 cm³/mol. The van der Waals surface area contributed by atoms with Crippen LogP contribution in [0.5, 0.6) is 0 Å². The van der Waals surface area contributed by atoms with Gasteiger partial charge < -0.3 is 31.7 Å². The van der Waals surface area contributed by atoms with Crippen LogP contribution in [0.2, 0.25) is 0 Å². The molecule has 7 N–H and O–H groups in total. The molecule has 0 unspecified atom stereocenters. The molecule has 0 aliphatic heterocycles. The van der Waals surface area contributed by atoms with Gasteiger partial charge in [-0.2, -0.15) is 0 Å². The molecule has 0 spiro atoms. The normalized spacial score (nSPS) is 21.4. The van der Waals surface area contributed by atoms with E-state index in [1.807, 2.05) is 37.3 Å². The van der Waals surface area contributed by atoms with Gasteiger partial charge in [0.05, 0.1) is 22.8 Å². The molecule has 0 radical (unpaired) electrons. The summed E-state index contributed by atoms with van der Waals surface area (Å²) in [6.07, 6.45) is 7.26. The lowest BCUT2D eigenvalue weighted by molar-refractivity contribution is -0.130. The summed E-state index contributed by atoms with van der Waals surface area (Å²) < 4.78 is 0. The predicted octanol–water partition coefficient (Wildman–Crippen LogP) is 4.02. The van der Waals surface area contributed by atoms with Crippen LogP contribution >= 0.6 is 0 Å². The van der Waals surface area contributed by atoms with Crippen molar-refractivity contribution in [2.24, 2.45) is 23.3 Å². The van der Waals surface area contributed by atoms with E-state index in [9.17, 15) is 19.2 Å². The summed E-state index contributed by atoms with van der Waals surface area (Å²) in [7, 11) is 4.21. The van der Waals surface area contributed by atoms with Gasteiger partial charge in [-0.05, 0) is 127 Å². The van der Waals surface area contributed by atoms with Gasteiger partial charge in [0.15, 0.2) is 0 Å². The molecule has 0 saturated heterocycles. The Morgan fingerprint density at radius 1 is 0.902 bits per heavy atom. The number of rotatable bonds is 10. The number of amides is 3. The van der Waals surface area contributed by atoms with Crippen LogP contribution in [0.4, 0.5) is 5.69 Å². The molecule has 2 aliphatic carbocycles. The zero-order chi connectivity index (χ0) is 36.2. The number of fused-ring (bicyclic) bond motifs is 1. The van der Waals surface area contributed by atoms with E-state index in [0.29, 0.717) is 53.8 Å². The number of anilines is 1. The first-order chi connectivity index (χ1) is 24.5. The Hall–Kier alpha value is -4.65. The van der Waals surface area contributed by atoms with Crippen molar-refractivity contribution >= 4 is 34.4 Å². The van der Waals surface area contributed by atoms with Gasteiger partial charge in [-0.25, -0.2) is 14.7 Å². The molecule has 12 heteroatoms. The first-order valence-electron chi connectivity index (χ1n) is 18.1. The number of nitrogens with zero attached hydrogens (tertiary/aromatic N) is 3. The number of hydrogen-bond acceptors (Lipinski definition) is 8. The summed E-state index contributed by atoms with van der Waals surface area (Å²) in [5.41, 5.74) is 17.3. The van der Waals surface area contributed by atoms with Gasteiger partial charge in [0.1, 0.15) is 5.69 Å². The van der Waals surface area contributed by atoms with Crippen molar-refractivity contribution in [1.82, 2.24) is 25.2 Å². The summed E-state index contributed by atoms with van der Waals surface area (Å²) in [5.74, 6) is -0.868. The van der Waals surface area contributed by atoms with E-state index < -0.39 is 11.9 Å². The molecule has 2 heterocycles. The molecule has 2 aromatic carbocycles. The standard InChI is InChI=1S/C39H50N8O4/c1-23-31(17-19-34(42-23)36(48)43-28-12-14-29(15-13-28)46(2)3)26-8-4-24(5-9-26)20-32(41)38(50)47(37(49)27-10-6-25(22-40)7-11-27)30-16-18-33-35(21-30)45-39(51)44-33/h4-5,8-9,16-19,21,25,27-29,32H,6-7,10-15,20,22,40-41H2,1-3H3,(H,43,48)(H2,44,45,51)/t25?,27?,28?,29?,32-/m0/s1. The van der Waals surface area contributed by atoms with Gasteiger partial charge in [0.2, 0.25) is 5.91 Å². The highest BCUT2D eigenvalue weighted by Gasteiger charge is 2.35. The third-order valence-corrected chi connectivity index (χ3v) is 10.8. The molecular formula is C39H50N8O4. The lowest BCUT2D eigenvalue weighted by Gasteiger charge is -2.32. The van der Waals surface area contributed by atoms with E-state index in [2.05, 4.69) is 39.3 Å². The average molecular weight is 695 g/mol. The van der Waals surface area contributed by atoms with Crippen molar-refractivity contribution < 1.29 is 14.4 Å². The van der Waals surface area contributed by atoms with Gasteiger partial charge in [0.25, 0.3) is 11.8 Å². The highest BCUT2D eigenvalue weighted by Crippen LogP contribution is 2.32. The number of benzene rings is 2. The van der Waals surface area contributed by atoms with Gasteiger partial charge in [-0.15, -0.1) is 0 Å². The number of pyridine rings is 1. The van der Waals surface area contributed by atoms with Crippen molar-refractivity contribution in [3.05, 3.63) is 82.0 Å². The van der Waals surface area contributed by atoms with Crippen molar-refractivity contribution in [1.29, 1.82) is 0 Å². The molecule has 2 aliphatic rings. The van der Waals surface area contributed by atoms with Crippen LogP contribution in [0.25, 0.3) is 22.2 Å². The Kier molecular flexibility index (Phi) is 11.1. The van der Waals surface area contributed by atoms with Crippen LogP contribution in [0.1, 0.15) is 73.1 Å². The van der Waals surface area contributed by atoms with Crippen LogP contribution < -0.4 is 27.4 Å². The molecule has 1 atom stereocenters. The minimum Gasteiger partial charge on any atom is -0.348 e. The van der Waals surface area contributed by atoms with Crippen molar-refractivity contribution in [3.63, 3.8) is 0 Å². The molecule has 51 heavy (non-hydrogen) atoms. The minimum atomic E-state index is -0.986. The van der Waals surface area contributed by atoms with Crippen molar-refractivity contribution in [3.8, 4) is 11.1 Å². The second-order valence-corrected chi connectivity index (χ2v) is 14.6. The Bertz CT molecular complexity index is 1920. The maximum Gasteiger partial charge on any atom is 0.323 e. The Balaban J connectivity index is 1.13. The first kappa shape index (κ1) is 36.2. The molecule has 4 aromatic rings. The highest BCUT2D eigenvalue weighted by molar-refractivity contribution is 6.17. The van der Waals surface area contributed by atoms with Crippen LogP contribution in [-0.4, -0.2) is 76.3 Å². The van der Waals surface area contributed by atoms with E-state index in [1.165, 1.54) is 4.90 Å². The van der Waals surface area contributed by atoms with Gasteiger partial charge in [-0.1, -0.05) is 30.3 Å². The van der Waals surface area contributed by atoms with E-state index in [-0.39, 0.29) is 35.9 Å². The summed E-state index contributed by atoms with van der Waals surface area (Å²) >= 11 is 0. The fourth-order valence-corrected chi connectivity index (χ4v) is 7.67. The molecule has 2 fully saturated rings. The zero-order valence-electron chi connectivity index (χ0n) is 29.8. The van der Waals surface area contributed by atoms with Crippen molar-refractivity contribution in [2.45, 2.75) is 82.8 Å². The van der Waals surface area contributed by atoms with Crippen LogP contribution in [0.3, 0.4) is 0 Å². The molecule has 6 rings (SSSR count). The number of hydrogen-bond donors (Lipinski definition) is 5. The van der Waals surface area contributed by atoms with Crippen LogP contribution in [-0.2, 0) is 16.0 Å². The maximum atomic E-state index is 14.0. The number of aromatic amines is 2. The third kappa shape index (κ3) is 8.30. The number of imide groups is 1. The number of carbonyl (C=O) groups is 3.